The molecule has 0 amide bonds. The Bertz CT molecular complexity index is 265. The van der Waals surface area contributed by atoms with E-state index in [1.165, 1.54) is 7.11 Å². The SMILES string of the molecule is CCCc1ccc(C(=O)OC)[nH]1. The van der Waals surface area contributed by atoms with Crippen LogP contribution in [-0.4, -0.2) is 18.1 Å². The van der Waals surface area contributed by atoms with Gasteiger partial charge in [-0.25, -0.2) is 4.79 Å². The molecule has 0 atom stereocenters. The second kappa shape index (κ2) is 3.95. The van der Waals surface area contributed by atoms with Crippen LogP contribution < -0.4 is 0 Å². The minimum Gasteiger partial charge on any atom is -0.464 e. The second-order valence-corrected chi connectivity index (χ2v) is 2.64. The Hall–Kier alpha value is -1.25. The highest BCUT2D eigenvalue weighted by Crippen LogP contribution is 2.05. The van der Waals surface area contributed by atoms with Gasteiger partial charge in [-0.3, -0.25) is 0 Å². The van der Waals surface area contributed by atoms with Gasteiger partial charge < -0.3 is 9.72 Å². The summed E-state index contributed by atoms with van der Waals surface area (Å²) < 4.78 is 4.56. The molecule has 1 rings (SSSR count). The van der Waals surface area contributed by atoms with Crippen molar-refractivity contribution in [1.82, 2.24) is 4.98 Å². The van der Waals surface area contributed by atoms with Gasteiger partial charge in [0.25, 0.3) is 0 Å². The van der Waals surface area contributed by atoms with Crippen LogP contribution in [0.5, 0.6) is 0 Å². The second-order valence-electron chi connectivity index (χ2n) is 2.64. The van der Waals surface area contributed by atoms with Gasteiger partial charge >= 0.3 is 5.97 Å². The van der Waals surface area contributed by atoms with Crippen LogP contribution in [0.2, 0.25) is 0 Å². The molecule has 3 nitrogen and oxygen atoms in total. The Morgan fingerprint density at radius 3 is 2.92 bits per heavy atom. The van der Waals surface area contributed by atoms with Crippen molar-refractivity contribution in [2.45, 2.75) is 19.8 Å². The summed E-state index contributed by atoms with van der Waals surface area (Å²) in [7, 11) is 1.38. The van der Waals surface area contributed by atoms with Crippen molar-refractivity contribution in [3.05, 3.63) is 23.5 Å². The van der Waals surface area contributed by atoms with E-state index in [9.17, 15) is 4.79 Å². The van der Waals surface area contributed by atoms with E-state index in [-0.39, 0.29) is 5.97 Å². The van der Waals surface area contributed by atoms with E-state index in [0.29, 0.717) is 5.69 Å². The number of carbonyl (C=O) groups excluding carboxylic acids is 1. The molecule has 0 fully saturated rings. The molecule has 1 heterocycles. The fourth-order valence-corrected chi connectivity index (χ4v) is 1.08. The molecule has 0 aliphatic rings. The lowest BCUT2D eigenvalue weighted by molar-refractivity contribution is 0.0594. The summed E-state index contributed by atoms with van der Waals surface area (Å²) in [6, 6.07) is 3.66. The summed E-state index contributed by atoms with van der Waals surface area (Å²) >= 11 is 0. The highest BCUT2D eigenvalue weighted by Gasteiger charge is 2.06. The molecule has 0 radical (unpaired) electrons. The third-order valence-electron chi connectivity index (χ3n) is 1.67. The summed E-state index contributed by atoms with van der Waals surface area (Å²) in [5, 5.41) is 0. The molecule has 0 saturated heterocycles. The number of aromatic amines is 1. The first kappa shape index (κ1) is 8.84. The fourth-order valence-electron chi connectivity index (χ4n) is 1.08. The van der Waals surface area contributed by atoms with E-state index in [4.69, 9.17) is 0 Å². The van der Waals surface area contributed by atoms with Gasteiger partial charge in [-0.15, -0.1) is 0 Å². The number of hydrogen-bond donors (Lipinski definition) is 1. The third kappa shape index (κ3) is 1.87. The molecule has 1 aromatic rings. The molecule has 0 aliphatic carbocycles. The van der Waals surface area contributed by atoms with Crippen LogP contribution in [0.25, 0.3) is 0 Å². The summed E-state index contributed by atoms with van der Waals surface area (Å²) in [4.78, 5) is 14.0. The van der Waals surface area contributed by atoms with Crippen LogP contribution in [0, 0.1) is 0 Å². The zero-order valence-electron chi connectivity index (χ0n) is 7.39. The maximum Gasteiger partial charge on any atom is 0.354 e. The van der Waals surface area contributed by atoms with Crippen molar-refractivity contribution in [3.8, 4) is 0 Å². The maximum atomic E-state index is 11.0. The largest absolute Gasteiger partial charge is 0.464 e. The summed E-state index contributed by atoms with van der Waals surface area (Å²) in [5.41, 5.74) is 1.61. The Kier molecular flexibility index (Phi) is 2.91. The van der Waals surface area contributed by atoms with E-state index in [1.807, 2.05) is 6.07 Å². The molecule has 1 aromatic heterocycles. The lowest BCUT2D eigenvalue weighted by Gasteiger charge is -1.94. The van der Waals surface area contributed by atoms with Crippen molar-refractivity contribution in [3.63, 3.8) is 0 Å². The molecular weight excluding hydrogens is 154 g/mol. The zero-order valence-corrected chi connectivity index (χ0v) is 7.39. The van der Waals surface area contributed by atoms with Gasteiger partial charge in [-0.2, -0.15) is 0 Å². The average molecular weight is 167 g/mol. The highest BCUT2D eigenvalue weighted by molar-refractivity contribution is 5.87. The summed E-state index contributed by atoms with van der Waals surface area (Å²) in [5.74, 6) is -0.308. The van der Waals surface area contributed by atoms with Crippen molar-refractivity contribution >= 4 is 5.97 Å². The first-order valence-corrected chi connectivity index (χ1v) is 4.04. The van der Waals surface area contributed by atoms with Crippen LogP contribution in [-0.2, 0) is 11.2 Å². The van der Waals surface area contributed by atoms with Crippen LogP contribution in [0.3, 0.4) is 0 Å². The summed E-state index contributed by atoms with van der Waals surface area (Å²) in [6.07, 6.45) is 2.04. The van der Waals surface area contributed by atoms with E-state index >= 15 is 0 Å². The normalized spacial score (nSPS) is 9.83. The number of aromatic nitrogens is 1. The van der Waals surface area contributed by atoms with Crippen molar-refractivity contribution < 1.29 is 9.53 Å². The first-order valence-electron chi connectivity index (χ1n) is 4.04. The summed E-state index contributed by atoms with van der Waals surface area (Å²) in [6.45, 7) is 2.10. The Morgan fingerprint density at radius 1 is 1.58 bits per heavy atom. The molecular formula is C9H13NO2. The Balaban J connectivity index is 2.70. The molecule has 0 aromatic carbocycles. The van der Waals surface area contributed by atoms with Gasteiger partial charge in [-0.05, 0) is 18.6 Å². The molecule has 0 saturated carbocycles. The van der Waals surface area contributed by atoms with Gasteiger partial charge in [0.2, 0.25) is 0 Å². The van der Waals surface area contributed by atoms with E-state index < -0.39 is 0 Å². The third-order valence-corrected chi connectivity index (χ3v) is 1.67. The number of esters is 1. The number of H-pyrrole nitrogens is 1. The Labute approximate surface area is 71.7 Å². The molecule has 66 valence electrons. The van der Waals surface area contributed by atoms with E-state index in [2.05, 4.69) is 16.6 Å². The quantitative estimate of drug-likeness (QED) is 0.697. The zero-order chi connectivity index (χ0) is 8.97. The number of aryl methyl sites for hydroxylation is 1. The Morgan fingerprint density at radius 2 is 2.33 bits per heavy atom. The van der Waals surface area contributed by atoms with Crippen LogP contribution in [0.4, 0.5) is 0 Å². The number of methoxy groups -OCH3 is 1. The molecule has 12 heavy (non-hydrogen) atoms. The smallest absolute Gasteiger partial charge is 0.354 e. The van der Waals surface area contributed by atoms with Gasteiger partial charge in [0.05, 0.1) is 7.11 Å². The molecule has 3 heteroatoms. The lowest BCUT2D eigenvalue weighted by atomic mass is 10.3. The van der Waals surface area contributed by atoms with Crippen LogP contribution >= 0.6 is 0 Å². The number of carbonyl (C=O) groups is 1. The average Bonchev–Trinajstić information content (AvgIpc) is 2.52. The van der Waals surface area contributed by atoms with Gasteiger partial charge in [-0.1, -0.05) is 13.3 Å². The number of hydrogen-bond acceptors (Lipinski definition) is 2. The fraction of sp³-hybridized carbons (Fsp3) is 0.444. The minimum atomic E-state index is -0.308. The predicted molar refractivity (Wildman–Crippen MR) is 46.1 cm³/mol. The molecule has 0 aliphatic heterocycles. The van der Waals surface area contributed by atoms with Crippen molar-refractivity contribution in [2.24, 2.45) is 0 Å². The first-order chi connectivity index (χ1) is 5.77. The lowest BCUT2D eigenvalue weighted by Crippen LogP contribution is -2.01. The van der Waals surface area contributed by atoms with E-state index in [0.717, 1.165) is 18.5 Å². The number of rotatable bonds is 3. The molecule has 0 unspecified atom stereocenters. The topological polar surface area (TPSA) is 42.1 Å². The van der Waals surface area contributed by atoms with Crippen LogP contribution in [0.15, 0.2) is 12.1 Å². The van der Waals surface area contributed by atoms with Crippen LogP contribution in [0.1, 0.15) is 29.5 Å². The molecule has 0 spiro atoms. The minimum absolute atomic E-state index is 0.308. The van der Waals surface area contributed by atoms with Gasteiger partial charge in [0.1, 0.15) is 5.69 Å². The van der Waals surface area contributed by atoms with Gasteiger partial charge in [0, 0.05) is 5.69 Å². The predicted octanol–water partition coefficient (Wildman–Crippen LogP) is 1.75. The van der Waals surface area contributed by atoms with Crippen molar-refractivity contribution in [1.29, 1.82) is 0 Å². The maximum absolute atomic E-state index is 11.0. The van der Waals surface area contributed by atoms with E-state index in [1.54, 1.807) is 6.07 Å². The molecule has 1 N–H and O–H groups in total. The standard InChI is InChI=1S/C9H13NO2/c1-3-4-7-5-6-8(10-7)9(11)12-2/h5-6,10H,3-4H2,1-2H3. The number of ether oxygens (including phenoxy) is 1. The van der Waals surface area contributed by atoms with Gasteiger partial charge in [0.15, 0.2) is 0 Å². The molecule has 0 bridgehead atoms. The number of nitrogens with one attached hydrogen (secondary N) is 1. The monoisotopic (exact) mass is 167 g/mol. The highest BCUT2D eigenvalue weighted by atomic mass is 16.5. The van der Waals surface area contributed by atoms with Crippen molar-refractivity contribution in [2.75, 3.05) is 7.11 Å².